The molecule has 282 valence electrons. The topological polar surface area (TPSA) is 34.2 Å². The van der Waals surface area contributed by atoms with Gasteiger partial charge in [-0.2, -0.15) is 0 Å². The minimum absolute atomic E-state index is 0.0170. The van der Waals surface area contributed by atoms with Gasteiger partial charge < -0.3 is 9.88 Å². The van der Waals surface area contributed by atoms with Gasteiger partial charge in [-0.05, 0) is 63.9 Å². The smallest absolute Gasteiger partial charge is 0.209 e. The molecule has 10 aromatic rings. The quantitative estimate of drug-likeness (QED) is 0.179. The van der Waals surface area contributed by atoms with E-state index in [-0.39, 0.29) is 12.0 Å². The summed E-state index contributed by atoms with van der Waals surface area (Å²) in [5.41, 5.74) is 9.33. The Hall–Kier alpha value is -7.69. The Morgan fingerprint density at radius 2 is 1.30 bits per heavy atom. The third kappa shape index (κ3) is 4.82. The Kier molecular flexibility index (Phi) is 7.16. The largest absolute Gasteiger partial charge is 0.345 e. The highest BCUT2D eigenvalue weighted by Crippen LogP contribution is 2.45. The number of allylic oxidation sites excluding steroid dienone is 2. The van der Waals surface area contributed by atoms with Gasteiger partial charge in [0.25, 0.3) is 0 Å². The van der Waals surface area contributed by atoms with E-state index in [1.165, 1.54) is 86.9 Å². The second-order valence-electron chi connectivity index (χ2n) is 16.3. The Bertz CT molecular complexity index is 3710. The Balaban J connectivity index is 1.12. The molecule has 3 aliphatic rings. The van der Waals surface area contributed by atoms with E-state index in [9.17, 15) is 0 Å². The van der Waals surface area contributed by atoms with E-state index in [2.05, 4.69) is 215 Å². The van der Waals surface area contributed by atoms with Gasteiger partial charge >= 0.3 is 0 Å². The van der Waals surface area contributed by atoms with Crippen LogP contribution >= 0.6 is 0 Å². The van der Waals surface area contributed by atoms with Crippen molar-refractivity contribution in [2.24, 2.45) is 4.99 Å². The number of nitrogens with one attached hydrogen (secondary N) is 1. The van der Waals surface area contributed by atoms with Crippen LogP contribution in [0.1, 0.15) is 23.5 Å². The number of hydrogen-bond donors (Lipinski definition) is 1. The lowest BCUT2D eigenvalue weighted by Crippen LogP contribution is -2.42. The molecule has 2 aromatic heterocycles. The van der Waals surface area contributed by atoms with Gasteiger partial charge in [0, 0.05) is 60.2 Å². The van der Waals surface area contributed by atoms with E-state index in [0.717, 1.165) is 29.2 Å². The Labute approximate surface area is 346 Å². The normalized spacial score (nSPS) is 17.2. The van der Waals surface area contributed by atoms with E-state index in [1.807, 2.05) is 0 Å². The Morgan fingerprint density at radius 3 is 2.17 bits per heavy atom. The van der Waals surface area contributed by atoms with Crippen molar-refractivity contribution in [2.75, 3.05) is 0 Å². The lowest BCUT2D eigenvalue weighted by atomic mass is 9.89. The van der Waals surface area contributed by atoms with Crippen LogP contribution in [0, 0.1) is 0 Å². The first-order valence-electron chi connectivity index (χ1n) is 21.0. The molecular formula is C56H38N4. The number of hydrogen-bond acceptors (Lipinski definition) is 2. The first kappa shape index (κ1) is 33.3. The molecule has 2 aliphatic carbocycles. The number of fused-ring (bicyclic) bond motifs is 14. The van der Waals surface area contributed by atoms with Crippen LogP contribution in [0.2, 0.25) is 0 Å². The third-order valence-electron chi connectivity index (χ3n) is 13.0. The van der Waals surface area contributed by atoms with Crippen molar-refractivity contribution in [3.63, 3.8) is 0 Å². The summed E-state index contributed by atoms with van der Waals surface area (Å²) in [5.74, 6) is 1.04. The highest BCUT2D eigenvalue weighted by Gasteiger charge is 2.29. The summed E-state index contributed by atoms with van der Waals surface area (Å²) in [7, 11) is 0. The summed E-state index contributed by atoms with van der Waals surface area (Å²) in [6.07, 6.45) is 14.6. The summed E-state index contributed by atoms with van der Waals surface area (Å²) < 4.78 is 4.85. The fourth-order valence-corrected chi connectivity index (χ4v) is 10.4. The standard InChI is InChI=1S/C56H38N4/c1-3-16-36(17-4-1)54-45-24-11-13-25-48(45)57-56(58-54)60-51-32-29-38(37-28-31-50-46(33-37)42-22-12-14-26-49(42)59(50)39-18-5-2-6-19-39)34-47(51)53-52-40-20-8-7-15-35(40)27-30-43(52)41-21-9-10-23-44(41)55(53)60/h1-27,29-34,37,48H,28H2,(H,57,58). The predicted octanol–water partition coefficient (Wildman–Crippen LogP) is 11.7. The number of aromatic nitrogens is 2. The minimum Gasteiger partial charge on any atom is -0.345 e. The summed E-state index contributed by atoms with van der Waals surface area (Å²) in [4.78, 5) is 5.57. The lowest BCUT2D eigenvalue weighted by molar-refractivity contribution is 0.805. The summed E-state index contributed by atoms with van der Waals surface area (Å²) in [5, 5.41) is 17.8. The molecule has 13 rings (SSSR count). The molecule has 4 heteroatoms. The molecule has 2 atom stereocenters. The SMILES string of the molecule is C1=CC2=C(c3ccccc3)N=C(n3c4ccc(C5C=c6c(n(-c7ccccc7)c7ccccc67)=CC5)cc4c4c5c6ccccc6ccc5c5ccccc5c43)NC2C=C1. The molecule has 2 unspecified atom stereocenters. The highest BCUT2D eigenvalue weighted by molar-refractivity contribution is 6.38. The van der Waals surface area contributed by atoms with Gasteiger partial charge in [-0.1, -0.05) is 170 Å². The molecule has 1 aliphatic heterocycles. The van der Waals surface area contributed by atoms with E-state index >= 15 is 0 Å². The monoisotopic (exact) mass is 766 g/mol. The maximum Gasteiger partial charge on any atom is 0.209 e. The van der Waals surface area contributed by atoms with Crippen molar-refractivity contribution in [3.8, 4) is 5.69 Å². The predicted molar refractivity (Wildman–Crippen MR) is 252 cm³/mol. The first-order chi connectivity index (χ1) is 29.8. The van der Waals surface area contributed by atoms with Crippen molar-refractivity contribution in [1.29, 1.82) is 0 Å². The van der Waals surface area contributed by atoms with E-state index < -0.39 is 0 Å². The maximum absolute atomic E-state index is 5.57. The highest BCUT2D eigenvalue weighted by atomic mass is 15.2. The first-order valence-corrected chi connectivity index (χ1v) is 21.0. The summed E-state index contributed by atoms with van der Waals surface area (Å²) in [6, 6.07) is 59.8. The van der Waals surface area contributed by atoms with Gasteiger partial charge in [-0.15, -0.1) is 0 Å². The van der Waals surface area contributed by atoms with E-state index in [1.54, 1.807) is 0 Å². The molecule has 60 heavy (non-hydrogen) atoms. The van der Waals surface area contributed by atoms with Crippen molar-refractivity contribution >= 4 is 88.8 Å². The number of rotatable bonds is 3. The molecule has 0 saturated heterocycles. The number of benzene rings is 8. The van der Waals surface area contributed by atoms with Gasteiger partial charge in [0.2, 0.25) is 5.96 Å². The molecule has 0 bridgehead atoms. The number of para-hydroxylation sites is 2. The van der Waals surface area contributed by atoms with Crippen molar-refractivity contribution in [3.05, 3.63) is 215 Å². The minimum atomic E-state index is -0.0170. The van der Waals surface area contributed by atoms with Crippen molar-refractivity contribution in [2.45, 2.75) is 18.4 Å². The molecule has 3 heterocycles. The number of aliphatic imine (C=N–C) groups is 1. The van der Waals surface area contributed by atoms with Crippen LogP contribution in [-0.2, 0) is 0 Å². The number of nitrogens with zero attached hydrogens (tertiary/aromatic N) is 3. The van der Waals surface area contributed by atoms with Crippen LogP contribution in [0.5, 0.6) is 0 Å². The van der Waals surface area contributed by atoms with Gasteiger partial charge in [0.15, 0.2) is 0 Å². The fraction of sp³-hybridized carbons (Fsp3) is 0.0536. The second kappa shape index (κ2) is 12.9. The molecule has 8 aromatic carbocycles. The van der Waals surface area contributed by atoms with Crippen LogP contribution in [0.25, 0.3) is 88.6 Å². The van der Waals surface area contributed by atoms with Crippen molar-refractivity contribution < 1.29 is 0 Å². The summed E-state index contributed by atoms with van der Waals surface area (Å²) in [6.45, 7) is 0. The fourth-order valence-electron chi connectivity index (χ4n) is 10.4. The molecule has 0 spiro atoms. The van der Waals surface area contributed by atoms with Gasteiger partial charge in [0.1, 0.15) is 0 Å². The molecule has 0 amide bonds. The van der Waals surface area contributed by atoms with Crippen LogP contribution in [0.15, 0.2) is 199 Å². The van der Waals surface area contributed by atoms with E-state index in [4.69, 9.17) is 4.99 Å². The van der Waals surface area contributed by atoms with Crippen LogP contribution < -0.4 is 15.9 Å². The van der Waals surface area contributed by atoms with Gasteiger partial charge in [-0.3, -0.25) is 4.57 Å². The lowest BCUT2D eigenvalue weighted by Gasteiger charge is -2.29. The zero-order valence-electron chi connectivity index (χ0n) is 32.8. The molecule has 1 N–H and O–H groups in total. The van der Waals surface area contributed by atoms with Crippen LogP contribution in [0.3, 0.4) is 0 Å². The average Bonchev–Trinajstić information content (AvgIpc) is 3.84. The van der Waals surface area contributed by atoms with E-state index in [0.29, 0.717) is 0 Å². The average molecular weight is 767 g/mol. The molecule has 0 saturated carbocycles. The summed E-state index contributed by atoms with van der Waals surface area (Å²) >= 11 is 0. The zero-order chi connectivity index (χ0) is 39.3. The van der Waals surface area contributed by atoms with Gasteiger partial charge in [-0.25, -0.2) is 4.99 Å². The second-order valence-corrected chi connectivity index (χ2v) is 16.3. The molecule has 0 fully saturated rings. The Morgan fingerprint density at radius 1 is 0.567 bits per heavy atom. The molecule has 4 nitrogen and oxygen atoms in total. The van der Waals surface area contributed by atoms with Crippen LogP contribution in [0.4, 0.5) is 0 Å². The molecule has 0 radical (unpaired) electrons. The van der Waals surface area contributed by atoms with Gasteiger partial charge in [0.05, 0.1) is 28.3 Å². The third-order valence-corrected chi connectivity index (χ3v) is 13.0. The van der Waals surface area contributed by atoms with Crippen LogP contribution in [-0.4, -0.2) is 21.1 Å². The molecular weight excluding hydrogens is 729 g/mol. The zero-order valence-corrected chi connectivity index (χ0v) is 32.8. The maximum atomic E-state index is 5.57. The van der Waals surface area contributed by atoms with Crippen molar-refractivity contribution in [1.82, 2.24) is 14.5 Å².